The molecule has 2 rings (SSSR count). The molecule has 0 saturated carbocycles. The van der Waals surface area contributed by atoms with E-state index in [0.717, 1.165) is 0 Å². The summed E-state index contributed by atoms with van der Waals surface area (Å²) in [6, 6.07) is 2.24. The third-order valence-electron chi connectivity index (χ3n) is 3.00. The number of fused-ring (bicyclic) bond motifs is 1. The molecule has 1 aromatic heterocycles. The molecule has 0 aliphatic heterocycles. The van der Waals surface area contributed by atoms with E-state index in [1.165, 1.54) is 56.2 Å². The van der Waals surface area contributed by atoms with Crippen LogP contribution in [0.5, 0.6) is 0 Å². The predicted molar refractivity (Wildman–Crippen MR) is 55.9 cm³/mol. The highest BCUT2D eigenvalue weighted by Crippen LogP contribution is 2.16. The van der Waals surface area contributed by atoms with Crippen LogP contribution in [0.15, 0.2) is 12.3 Å². The van der Waals surface area contributed by atoms with Gasteiger partial charge in [-0.2, -0.15) is 0 Å². The minimum atomic E-state index is 1.17. The number of aromatic nitrogens is 2. The molecule has 1 aliphatic rings. The molecule has 0 saturated heterocycles. The van der Waals surface area contributed by atoms with Crippen molar-refractivity contribution >= 4 is 0 Å². The second-order valence-electron chi connectivity index (χ2n) is 4.23. The molecule has 2 nitrogen and oxygen atoms in total. The van der Waals surface area contributed by atoms with Crippen LogP contribution in [0.2, 0.25) is 0 Å². The van der Waals surface area contributed by atoms with E-state index < -0.39 is 0 Å². The summed E-state index contributed by atoms with van der Waals surface area (Å²) in [4.78, 5) is 0. The Morgan fingerprint density at radius 3 is 2.64 bits per heavy atom. The molecule has 0 aromatic carbocycles. The van der Waals surface area contributed by atoms with Gasteiger partial charge in [0.2, 0.25) is 0 Å². The molecular formula is C12H19N2+. The van der Waals surface area contributed by atoms with Gasteiger partial charge in [-0.1, -0.05) is 23.9 Å². The van der Waals surface area contributed by atoms with Crippen molar-refractivity contribution in [1.82, 2.24) is 5.10 Å². The summed E-state index contributed by atoms with van der Waals surface area (Å²) in [6.07, 6.45) is 11.3. The van der Waals surface area contributed by atoms with Crippen molar-refractivity contribution < 1.29 is 4.68 Å². The third kappa shape index (κ3) is 2.31. The van der Waals surface area contributed by atoms with Crippen LogP contribution in [0.4, 0.5) is 0 Å². The molecule has 14 heavy (non-hydrogen) atoms. The molecule has 1 heterocycles. The van der Waals surface area contributed by atoms with Crippen LogP contribution in [0, 0.1) is 0 Å². The lowest BCUT2D eigenvalue weighted by Crippen LogP contribution is -2.33. The van der Waals surface area contributed by atoms with E-state index in [2.05, 4.69) is 17.4 Å². The van der Waals surface area contributed by atoms with Crippen molar-refractivity contribution in [3.05, 3.63) is 23.5 Å². The highest BCUT2D eigenvalue weighted by atomic mass is 15.2. The summed E-state index contributed by atoms with van der Waals surface area (Å²) in [5.41, 5.74) is 2.81. The van der Waals surface area contributed by atoms with E-state index in [0.29, 0.717) is 0 Å². The zero-order valence-corrected chi connectivity index (χ0v) is 9.00. The van der Waals surface area contributed by atoms with Gasteiger partial charge in [-0.25, -0.2) is 0 Å². The summed E-state index contributed by atoms with van der Waals surface area (Å²) in [6.45, 7) is 0. The fourth-order valence-corrected chi connectivity index (χ4v) is 2.16. The Morgan fingerprint density at radius 1 is 1.07 bits per heavy atom. The predicted octanol–water partition coefficient (Wildman–Crippen LogP) is 1.96. The van der Waals surface area contributed by atoms with E-state index in [4.69, 9.17) is 0 Å². The summed E-state index contributed by atoms with van der Waals surface area (Å²) < 4.78 is 1.93. The van der Waals surface area contributed by atoms with Crippen molar-refractivity contribution in [3.63, 3.8) is 0 Å². The molecule has 0 unspecified atom stereocenters. The number of aryl methyl sites for hydroxylation is 3. The Morgan fingerprint density at radius 2 is 1.79 bits per heavy atom. The fraction of sp³-hybridized carbons (Fsp3) is 0.667. The van der Waals surface area contributed by atoms with Crippen molar-refractivity contribution in [3.8, 4) is 0 Å². The average Bonchev–Trinajstić information content (AvgIpc) is 2.29. The molecule has 0 atom stereocenters. The second kappa shape index (κ2) is 4.54. The van der Waals surface area contributed by atoms with Crippen molar-refractivity contribution in [1.29, 1.82) is 0 Å². The molecule has 0 amide bonds. The van der Waals surface area contributed by atoms with Gasteiger partial charge in [0.25, 0.3) is 0 Å². The quantitative estimate of drug-likeness (QED) is 0.573. The Labute approximate surface area is 86.0 Å². The van der Waals surface area contributed by atoms with Gasteiger partial charge >= 0.3 is 0 Å². The lowest BCUT2D eigenvalue weighted by molar-refractivity contribution is -0.731. The Hall–Kier alpha value is -0.920. The number of hydrogen-bond acceptors (Lipinski definition) is 1. The van der Waals surface area contributed by atoms with Crippen molar-refractivity contribution in [2.75, 3.05) is 0 Å². The molecule has 2 heteroatoms. The highest BCUT2D eigenvalue weighted by Gasteiger charge is 2.10. The average molecular weight is 191 g/mol. The van der Waals surface area contributed by atoms with Crippen molar-refractivity contribution in [2.45, 2.75) is 44.9 Å². The molecule has 1 aromatic rings. The van der Waals surface area contributed by atoms with Gasteiger partial charge in [0, 0.05) is 6.07 Å². The van der Waals surface area contributed by atoms with Gasteiger partial charge in [0.15, 0.2) is 13.2 Å². The van der Waals surface area contributed by atoms with Crippen LogP contribution in [0.25, 0.3) is 0 Å². The topological polar surface area (TPSA) is 16.8 Å². The molecular weight excluding hydrogens is 172 g/mol. The second-order valence-corrected chi connectivity index (χ2v) is 4.23. The maximum Gasteiger partial charge on any atom is 0.196 e. The first-order chi connectivity index (χ1) is 6.86. The van der Waals surface area contributed by atoms with Crippen LogP contribution in [0.1, 0.15) is 43.4 Å². The first-order valence-corrected chi connectivity index (χ1v) is 5.71. The number of hydrogen-bond donors (Lipinski definition) is 0. The lowest BCUT2D eigenvalue weighted by Gasteiger charge is -2.02. The summed E-state index contributed by atoms with van der Waals surface area (Å²) in [7, 11) is 2.01. The Kier molecular flexibility index (Phi) is 3.12. The van der Waals surface area contributed by atoms with Gasteiger partial charge < -0.3 is 0 Å². The maximum atomic E-state index is 4.57. The summed E-state index contributed by atoms with van der Waals surface area (Å²) >= 11 is 0. The normalized spacial score (nSPS) is 17.8. The van der Waals surface area contributed by atoms with E-state index in [1.54, 1.807) is 0 Å². The van der Waals surface area contributed by atoms with Crippen LogP contribution in [-0.4, -0.2) is 5.10 Å². The van der Waals surface area contributed by atoms with Crippen molar-refractivity contribution in [2.24, 2.45) is 7.05 Å². The van der Waals surface area contributed by atoms with Crippen LogP contribution >= 0.6 is 0 Å². The maximum absolute atomic E-state index is 4.57. The van der Waals surface area contributed by atoms with Gasteiger partial charge in [0.05, 0.1) is 0 Å². The van der Waals surface area contributed by atoms with Gasteiger partial charge in [0.1, 0.15) is 5.69 Å². The molecule has 76 valence electrons. The SMILES string of the molecule is C[n+]1ccc2c(n1)CCCCCCC2. The fourth-order valence-electron chi connectivity index (χ4n) is 2.16. The monoisotopic (exact) mass is 191 g/mol. The zero-order chi connectivity index (χ0) is 9.80. The van der Waals surface area contributed by atoms with E-state index in [9.17, 15) is 0 Å². The number of rotatable bonds is 0. The van der Waals surface area contributed by atoms with E-state index in [1.807, 2.05) is 11.7 Å². The molecule has 1 aliphatic carbocycles. The van der Waals surface area contributed by atoms with E-state index in [-0.39, 0.29) is 0 Å². The van der Waals surface area contributed by atoms with Gasteiger partial charge in [-0.15, -0.1) is 0 Å². The largest absolute Gasteiger partial charge is 0.196 e. The Bertz CT molecular complexity index is 307. The first-order valence-electron chi connectivity index (χ1n) is 5.71. The molecule has 0 spiro atoms. The lowest BCUT2D eigenvalue weighted by atomic mass is 10.1. The molecule has 0 N–H and O–H groups in total. The van der Waals surface area contributed by atoms with Crippen LogP contribution in [-0.2, 0) is 19.9 Å². The standard InChI is InChI=1S/C12H19N2/c1-14-10-9-11-7-5-3-2-4-6-8-12(11)13-14/h9-10H,2-8H2,1H3/q+1. The third-order valence-corrected chi connectivity index (χ3v) is 3.00. The highest BCUT2D eigenvalue weighted by molar-refractivity contribution is 5.16. The van der Waals surface area contributed by atoms with Gasteiger partial charge in [-0.05, 0) is 36.3 Å². The van der Waals surface area contributed by atoms with Gasteiger partial charge in [-0.3, -0.25) is 0 Å². The minimum Gasteiger partial charge on any atom is -0.0938 e. The molecule has 0 bridgehead atoms. The van der Waals surface area contributed by atoms with Crippen LogP contribution in [0.3, 0.4) is 0 Å². The molecule has 0 fully saturated rings. The Balaban J connectivity index is 2.22. The minimum absolute atomic E-state index is 1.17. The smallest absolute Gasteiger partial charge is 0.0938 e. The van der Waals surface area contributed by atoms with Crippen LogP contribution < -0.4 is 4.68 Å². The first kappa shape index (κ1) is 9.63. The zero-order valence-electron chi connectivity index (χ0n) is 9.00. The summed E-state index contributed by atoms with van der Waals surface area (Å²) in [5.74, 6) is 0. The summed E-state index contributed by atoms with van der Waals surface area (Å²) in [5, 5.41) is 4.57. The number of nitrogens with zero attached hydrogens (tertiary/aromatic N) is 2. The molecule has 0 radical (unpaired) electrons. The van der Waals surface area contributed by atoms with E-state index >= 15 is 0 Å².